The van der Waals surface area contributed by atoms with Crippen LogP contribution in [0.1, 0.15) is 23.5 Å². The molecule has 0 saturated carbocycles. The van der Waals surface area contributed by atoms with Crippen molar-refractivity contribution >= 4 is 5.97 Å². The Morgan fingerprint density at radius 1 is 1.75 bits per heavy atom. The lowest BCUT2D eigenvalue weighted by atomic mass is 10.2. The lowest BCUT2D eigenvalue weighted by molar-refractivity contribution is 0.0519. The zero-order valence-corrected chi connectivity index (χ0v) is 9.00. The Kier molecular flexibility index (Phi) is 3.16. The summed E-state index contributed by atoms with van der Waals surface area (Å²) in [4.78, 5) is 11.4. The summed E-state index contributed by atoms with van der Waals surface area (Å²) in [7, 11) is 0. The van der Waals surface area contributed by atoms with E-state index in [9.17, 15) is 4.79 Å². The predicted octanol–water partition coefficient (Wildman–Crippen LogP) is -0.647. The van der Waals surface area contributed by atoms with Crippen LogP contribution in [0.4, 0.5) is 0 Å². The van der Waals surface area contributed by atoms with Gasteiger partial charge in [0.05, 0.1) is 38.1 Å². The number of rotatable bonds is 3. The Balaban J connectivity index is 2.10. The zero-order valence-electron chi connectivity index (χ0n) is 9.00. The minimum absolute atomic E-state index is 0.0596. The third kappa shape index (κ3) is 2.05. The molecule has 16 heavy (non-hydrogen) atoms. The summed E-state index contributed by atoms with van der Waals surface area (Å²) in [5, 5.41) is 7.60. The lowest BCUT2D eigenvalue weighted by Gasteiger charge is -2.11. The van der Waals surface area contributed by atoms with Gasteiger partial charge in [0, 0.05) is 0 Å². The Bertz CT molecular complexity index is 379. The number of carbonyl (C=O) groups is 1. The van der Waals surface area contributed by atoms with Crippen LogP contribution >= 0.6 is 0 Å². The molecule has 2 atom stereocenters. The van der Waals surface area contributed by atoms with E-state index in [0.717, 1.165) is 0 Å². The van der Waals surface area contributed by atoms with Crippen molar-refractivity contribution in [1.82, 2.24) is 15.0 Å². The molecule has 88 valence electrons. The van der Waals surface area contributed by atoms with Crippen molar-refractivity contribution in [2.75, 3.05) is 19.8 Å². The molecule has 0 radical (unpaired) electrons. The normalized spacial score (nSPS) is 24.6. The molecule has 1 aromatic heterocycles. The third-order valence-corrected chi connectivity index (χ3v) is 2.43. The first-order chi connectivity index (χ1) is 7.72. The molecule has 0 unspecified atom stereocenters. The van der Waals surface area contributed by atoms with Crippen molar-refractivity contribution in [2.45, 2.75) is 19.0 Å². The van der Waals surface area contributed by atoms with E-state index in [4.69, 9.17) is 15.2 Å². The van der Waals surface area contributed by atoms with Crippen LogP contribution in [-0.4, -0.2) is 46.8 Å². The van der Waals surface area contributed by atoms with Gasteiger partial charge in [0.15, 0.2) is 5.69 Å². The van der Waals surface area contributed by atoms with Crippen LogP contribution in [0.25, 0.3) is 0 Å². The highest BCUT2D eigenvalue weighted by Gasteiger charge is 2.28. The largest absolute Gasteiger partial charge is 0.461 e. The smallest absolute Gasteiger partial charge is 0.360 e. The number of hydrogen-bond donors (Lipinski definition) is 1. The van der Waals surface area contributed by atoms with E-state index in [0.29, 0.717) is 19.8 Å². The maximum Gasteiger partial charge on any atom is 0.360 e. The number of ether oxygens (including phenoxy) is 2. The number of hydrogen-bond acceptors (Lipinski definition) is 6. The Labute approximate surface area is 92.5 Å². The highest BCUT2D eigenvalue weighted by atomic mass is 16.5. The van der Waals surface area contributed by atoms with Gasteiger partial charge in [-0.3, -0.25) is 0 Å². The van der Waals surface area contributed by atoms with Gasteiger partial charge in [-0.15, -0.1) is 5.10 Å². The SMILES string of the molecule is CCOC(=O)c1cn([C@@H]2COC[C@@H]2N)nn1. The van der Waals surface area contributed by atoms with Crippen LogP contribution in [0.2, 0.25) is 0 Å². The van der Waals surface area contributed by atoms with E-state index in [2.05, 4.69) is 10.3 Å². The van der Waals surface area contributed by atoms with Crippen LogP contribution in [0, 0.1) is 0 Å². The van der Waals surface area contributed by atoms with Gasteiger partial charge in [0.2, 0.25) is 0 Å². The zero-order chi connectivity index (χ0) is 11.5. The number of nitrogens with zero attached hydrogens (tertiary/aromatic N) is 3. The van der Waals surface area contributed by atoms with Crippen LogP contribution in [-0.2, 0) is 9.47 Å². The summed E-state index contributed by atoms with van der Waals surface area (Å²) >= 11 is 0. The van der Waals surface area contributed by atoms with Crippen molar-refractivity contribution in [3.05, 3.63) is 11.9 Å². The van der Waals surface area contributed by atoms with Crippen LogP contribution in [0.5, 0.6) is 0 Å². The van der Waals surface area contributed by atoms with Gasteiger partial charge in [-0.2, -0.15) is 0 Å². The minimum Gasteiger partial charge on any atom is -0.461 e. The molecule has 0 spiro atoms. The van der Waals surface area contributed by atoms with E-state index in [1.165, 1.54) is 6.20 Å². The molecule has 7 nitrogen and oxygen atoms in total. The summed E-state index contributed by atoms with van der Waals surface area (Å²) < 4.78 is 11.6. The number of carbonyl (C=O) groups excluding carboxylic acids is 1. The summed E-state index contributed by atoms with van der Waals surface area (Å²) in [6.07, 6.45) is 1.54. The summed E-state index contributed by atoms with van der Waals surface area (Å²) in [5.41, 5.74) is 6.02. The Hall–Kier alpha value is -1.47. The topological polar surface area (TPSA) is 92.3 Å². The number of nitrogens with two attached hydrogens (primary N) is 1. The van der Waals surface area contributed by atoms with Crippen LogP contribution < -0.4 is 5.73 Å². The van der Waals surface area contributed by atoms with E-state index in [-0.39, 0.29) is 17.8 Å². The summed E-state index contributed by atoms with van der Waals surface area (Å²) in [5.74, 6) is -0.471. The molecule has 2 rings (SSSR count). The molecule has 1 aromatic rings. The van der Waals surface area contributed by atoms with Crippen LogP contribution in [0.3, 0.4) is 0 Å². The van der Waals surface area contributed by atoms with Crippen molar-refractivity contribution in [3.8, 4) is 0 Å². The number of aromatic nitrogens is 3. The molecule has 0 aliphatic carbocycles. The second-order valence-electron chi connectivity index (χ2n) is 3.57. The molecule has 0 aromatic carbocycles. The predicted molar refractivity (Wildman–Crippen MR) is 53.8 cm³/mol. The first-order valence-electron chi connectivity index (χ1n) is 5.14. The van der Waals surface area contributed by atoms with Gasteiger partial charge < -0.3 is 15.2 Å². The molecule has 2 heterocycles. The molecule has 1 aliphatic rings. The minimum atomic E-state index is -0.471. The quantitative estimate of drug-likeness (QED) is 0.689. The average molecular weight is 226 g/mol. The molecular formula is C9H14N4O3. The van der Waals surface area contributed by atoms with E-state index < -0.39 is 5.97 Å². The summed E-state index contributed by atoms with van der Waals surface area (Å²) in [6, 6.07) is -0.174. The third-order valence-electron chi connectivity index (χ3n) is 2.43. The van der Waals surface area contributed by atoms with Gasteiger partial charge in [0.1, 0.15) is 0 Å². The van der Waals surface area contributed by atoms with Crippen molar-refractivity contribution in [3.63, 3.8) is 0 Å². The van der Waals surface area contributed by atoms with Crippen molar-refractivity contribution < 1.29 is 14.3 Å². The Morgan fingerprint density at radius 2 is 2.56 bits per heavy atom. The van der Waals surface area contributed by atoms with Gasteiger partial charge in [-0.05, 0) is 6.92 Å². The molecule has 7 heteroatoms. The van der Waals surface area contributed by atoms with E-state index >= 15 is 0 Å². The second-order valence-corrected chi connectivity index (χ2v) is 3.57. The molecule has 1 saturated heterocycles. The number of esters is 1. The molecule has 1 fully saturated rings. The maximum atomic E-state index is 11.4. The van der Waals surface area contributed by atoms with Gasteiger partial charge in [0.25, 0.3) is 0 Å². The highest BCUT2D eigenvalue weighted by molar-refractivity contribution is 5.86. The lowest BCUT2D eigenvalue weighted by Crippen LogP contribution is -2.31. The van der Waals surface area contributed by atoms with Gasteiger partial charge in [-0.25, -0.2) is 9.48 Å². The molecule has 2 N–H and O–H groups in total. The molecule has 0 bridgehead atoms. The van der Waals surface area contributed by atoms with E-state index in [1.807, 2.05) is 0 Å². The molecular weight excluding hydrogens is 212 g/mol. The fourth-order valence-corrected chi connectivity index (χ4v) is 1.57. The van der Waals surface area contributed by atoms with Crippen molar-refractivity contribution in [1.29, 1.82) is 0 Å². The molecule has 1 aliphatic heterocycles. The Morgan fingerprint density at radius 3 is 3.19 bits per heavy atom. The summed E-state index contributed by atoms with van der Waals surface area (Å²) in [6.45, 7) is 3.05. The monoisotopic (exact) mass is 226 g/mol. The standard InChI is InChI=1S/C9H14N4O3/c1-2-16-9(14)7-3-13(12-11-7)8-5-15-4-6(8)10/h3,6,8H,2,4-5,10H2,1H3/t6-,8+/m0/s1. The van der Waals surface area contributed by atoms with Gasteiger partial charge in [-0.1, -0.05) is 5.21 Å². The highest BCUT2D eigenvalue weighted by Crippen LogP contribution is 2.16. The first kappa shape index (κ1) is 11.0. The average Bonchev–Trinajstić information content (AvgIpc) is 2.86. The molecule has 0 amide bonds. The fourth-order valence-electron chi connectivity index (χ4n) is 1.57. The fraction of sp³-hybridized carbons (Fsp3) is 0.667. The first-order valence-corrected chi connectivity index (χ1v) is 5.14. The van der Waals surface area contributed by atoms with Crippen molar-refractivity contribution in [2.24, 2.45) is 5.73 Å². The second kappa shape index (κ2) is 4.58. The van der Waals surface area contributed by atoms with E-state index in [1.54, 1.807) is 11.6 Å². The van der Waals surface area contributed by atoms with Crippen LogP contribution in [0.15, 0.2) is 6.20 Å². The van der Waals surface area contributed by atoms with Gasteiger partial charge >= 0.3 is 5.97 Å². The maximum absolute atomic E-state index is 11.4.